The monoisotopic (exact) mass is 385 g/mol. The van der Waals surface area contributed by atoms with Crippen LogP contribution in [0.2, 0.25) is 0 Å². The molecule has 7 atom stereocenters. The Morgan fingerprint density at radius 3 is 2.86 bits per heavy atom. The lowest BCUT2D eigenvalue weighted by atomic mass is 9.44. The van der Waals surface area contributed by atoms with Gasteiger partial charge in [-0.3, -0.25) is 4.79 Å². The standard InChI is InChI=1S/C27H31NO/c1-3-6-17-10-12-23-21-11-9-18-15-19(29)13-14-27(18)25(21)22(16-26(17,23)2)20-7-4-5-8-24(20)28-27/h4-5,7-8,15,17,21-23,25,28H,9-14,16H2,1-2H3/t17-,21+,22?,23+,25?,26-,27-/m1/s1. The Hall–Kier alpha value is -2.01. The van der Waals surface area contributed by atoms with Crippen molar-refractivity contribution >= 4 is 11.5 Å². The summed E-state index contributed by atoms with van der Waals surface area (Å²) in [5.41, 5.74) is 4.56. The van der Waals surface area contributed by atoms with Crippen LogP contribution in [0.5, 0.6) is 0 Å². The molecule has 0 aromatic heterocycles. The van der Waals surface area contributed by atoms with Crippen molar-refractivity contribution in [2.24, 2.45) is 29.1 Å². The molecule has 5 aliphatic rings. The highest BCUT2D eigenvalue weighted by Gasteiger charge is 2.64. The summed E-state index contributed by atoms with van der Waals surface area (Å²) in [5.74, 6) is 10.5. The van der Waals surface area contributed by atoms with E-state index in [9.17, 15) is 4.79 Å². The maximum atomic E-state index is 12.3. The van der Waals surface area contributed by atoms with Gasteiger partial charge in [0.1, 0.15) is 0 Å². The van der Waals surface area contributed by atoms with Crippen molar-refractivity contribution in [1.29, 1.82) is 0 Å². The Morgan fingerprint density at radius 1 is 1.14 bits per heavy atom. The summed E-state index contributed by atoms with van der Waals surface area (Å²) in [7, 11) is 0. The molecule has 1 spiro atoms. The van der Waals surface area contributed by atoms with Gasteiger partial charge in [0.15, 0.2) is 5.78 Å². The maximum Gasteiger partial charge on any atom is 0.155 e. The first-order valence-corrected chi connectivity index (χ1v) is 11.6. The zero-order valence-electron chi connectivity index (χ0n) is 17.6. The second kappa shape index (κ2) is 6.00. The lowest BCUT2D eigenvalue weighted by Gasteiger charge is -2.64. The molecule has 1 aromatic rings. The summed E-state index contributed by atoms with van der Waals surface area (Å²) in [6.07, 6.45) is 9.88. The van der Waals surface area contributed by atoms with E-state index < -0.39 is 0 Å². The quantitative estimate of drug-likeness (QED) is 0.580. The molecule has 2 heteroatoms. The average Bonchev–Trinajstić information content (AvgIpc) is 3.04. The smallest absolute Gasteiger partial charge is 0.155 e. The van der Waals surface area contributed by atoms with Crippen LogP contribution in [0, 0.1) is 40.9 Å². The molecule has 29 heavy (non-hydrogen) atoms. The summed E-state index contributed by atoms with van der Waals surface area (Å²) in [6, 6.07) is 9.01. The summed E-state index contributed by atoms with van der Waals surface area (Å²) in [6.45, 7) is 4.57. The molecule has 3 fully saturated rings. The van der Waals surface area contributed by atoms with Gasteiger partial charge in [-0.25, -0.2) is 0 Å². The van der Waals surface area contributed by atoms with E-state index >= 15 is 0 Å². The largest absolute Gasteiger partial charge is 0.375 e. The van der Waals surface area contributed by atoms with E-state index in [1.165, 1.54) is 42.5 Å². The number of hydrogen-bond acceptors (Lipinski definition) is 2. The first-order valence-electron chi connectivity index (χ1n) is 11.6. The minimum Gasteiger partial charge on any atom is -0.375 e. The van der Waals surface area contributed by atoms with Crippen molar-refractivity contribution in [2.75, 3.05) is 5.32 Å². The van der Waals surface area contributed by atoms with Crippen LogP contribution in [0.25, 0.3) is 0 Å². The molecule has 0 amide bonds. The maximum absolute atomic E-state index is 12.3. The third-order valence-electron chi connectivity index (χ3n) is 9.51. The molecular formula is C27H31NO. The van der Waals surface area contributed by atoms with Crippen molar-refractivity contribution < 1.29 is 4.79 Å². The molecule has 4 aliphatic carbocycles. The fraction of sp³-hybridized carbons (Fsp3) is 0.593. The summed E-state index contributed by atoms with van der Waals surface area (Å²) < 4.78 is 0. The van der Waals surface area contributed by atoms with Crippen LogP contribution in [0.1, 0.15) is 70.3 Å². The van der Waals surface area contributed by atoms with Gasteiger partial charge < -0.3 is 5.32 Å². The Kier molecular flexibility index (Phi) is 3.69. The third kappa shape index (κ3) is 2.23. The highest BCUT2D eigenvalue weighted by atomic mass is 16.1. The summed E-state index contributed by atoms with van der Waals surface area (Å²) >= 11 is 0. The fourth-order valence-electron chi connectivity index (χ4n) is 8.49. The topological polar surface area (TPSA) is 29.1 Å². The fourth-order valence-corrected chi connectivity index (χ4v) is 8.49. The lowest BCUT2D eigenvalue weighted by molar-refractivity contribution is -0.116. The van der Waals surface area contributed by atoms with E-state index in [0.717, 1.165) is 24.7 Å². The van der Waals surface area contributed by atoms with Gasteiger partial charge in [0.2, 0.25) is 0 Å². The van der Waals surface area contributed by atoms with E-state index in [4.69, 9.17) is 0 Å². The Morgan fingerprint density at radius 2 is 2.00 bits per heavy atom. The molecule has 1 aromatic carbocycles. The molecule has 1 aliphatic heterocycles. The van der Waals surface area contributed by atoms with Crippen LogP contribution in [0.4, 0.5) is 5.69 Å². The van der Waals surface area contributed by atoms with E-state index in [-0.39, 0.29) is 5.54 Å². The van der Waals surface area contributed by atoms with Gasteiger partial charge >= 0.3 is 0 Å². The molecule has 0 bridgehead atoms. The first-order chi connectivity index (χ1) is 14.1. The number of para-hydroxylation sites is 1. The van der Waals surface area contributed by atoms with Crippen LogP contribution in [-0.2, 0) is 4.79 Å². The minimum atomic E-state index is 0.00565. The predicted octanol–water partition coefficient (Wildman–Crippen LogP) is 5.71. The first kappa shape index (κ1) is 17.8. The number of nitrogens with one attached hydrogen (secondary N) is 1. The van der Waals surface area contributed by atoms with Crippen molar-refractivity contribution in [2.45, 2.75) is 70.3 Å². The van der Waals surface area contributed by atoms with Crippen molar-refractivity contribution in [3.63, 3.8) is 0 Å². The van der Waals surface area contributed by atoms with Crippen molar-refractivity contribution in [1.82, 2.24) is 0 Å². The van der Waals surface area contributed by atoms with Gasteiger partial charge in [-0.2, -0.15) is 0 Å². The second-order valence-electron chi connectivity index (χ2n) is 10.5. The van der Waals surface area contributed by atoms with Gasteiger partial charge in [-0.05, 0) is 97.8 Å². The molecule has 6 rings (SSSR count). The van der Waals surface area contributed by atoms with E-state index in [1.54, 1.807) is 0 Å². The van der Waals surface area contributed by atoms with Crippen LogP contribution < -0.4 is 5.32 Å². The summed E-state index contributed by atoms with van der Waals surface area (Å²) in [4.78, 5) is 12.3. The lowest BCUT2D eigenvalue weighted by Crippen LogP contribution is -2.63. The summed E-state index contributed by atoms with van der Waals surface area (Å²) in [5, 5.41) is 4.04. The molecule has 3 saturated carbocycles. The SMILES string of the molecule is CC#C[C@@H]1CC[C@H]2[C@@H]3CCC4=CC(=O)CC[C@@]45Nc4ccccc4C(C[C@]12C)C35. The highest BCUT2D eigenvalue weighted by Crippen LogP contribution is 2.70. The molecule has 150 valence electrons. The Bertz CT molecular complexity index is 980. The average molecular weight is 386 g/mol. The van der Waals surface area contributed by atoms with Crippen LogP contribution in [0.15, 0.2) is 35.9 Å². The number of ketones is 1. The zero-order valence-corrected chi connectivity index (χ0v) is 17.6. The van der Waals surface area contributed by atoms with Crippen LogP contribution in [0.3, 0.4) is 0 Å². The number of carbonyl (C=O) groups excluding carboxylic acids is 1. The number of anilines is 1. The number of hydrogen-bond donors (Lipinski definition) is 1. The normalized spacial score (nSPS) is 44.1. The molecule has 0 radical (unpaired) electrons. The number of fused-ring (bicyclic) bond motifs is 4. The third-order valence-corrected chi connectivity index (χ3v) is 9.51. The van der Waals surface area contributed by atoms with Crippen molar-refractivity contribution in [3.8, 4) is 11.8 Å². The van der Waals surface area contributed by atoms with Gasteiger partial charge in [0.05, 0.1) is 5.54 Å². The van der Waals surface area contributed by atoms with Gasteiger partial charge in [-0.1, -0.05) is 31.0 Å². The number of rotatable bonds is 0. The number of benzene rings is 1. The van der Waals surface area contributed by atoms with E-state index in [0.29, 0.717) is 35.4 Å². The Balaban J connectivity index is 1.55. The predicted molar refractivity (Wildman–Crippen MR) is 116 cm³/mol. The van der Waals surface area contributed by atoms with Gasteiger partial charge in [-0.15, -0.1) is 5.92 Å². The highest BCUT2D eigenvalue weighted by molar-refractivity contribution is 5.92. The van der Waals surface area contributed by atoms with Gasteiger partial charge in [0, 0.05) is 18.0 Å². The number of carbonyl (C=O) groups is 1. The second-order valence-corrected chi connectivity index (χ2v) is 10.5. The van der Waals surface area contributed by atoms with Gasteiger partial charge in [0.25, 0.3) is 0 Å². The van der Waals surface area contributed by atoms with E-state index in [2.05, 4.69) is 48.3 Å². The van der Waals surface area contributed by atoms with Crippen LogP contribution >= 0.6 is 0 Å². The zero-order chi connectivity index (χ0) is 19.8. The molecular weight excluding hydrogens is 354 g/mol. The van der Waals surface area contributed by atoms with E-state index in [1.807, 2.05) is 13.0 Å². The molecule has 1 N–H and O–H groups in total. The Labute approximate surface area is 174 Å². The minimum absolute atomic E-state index is 0.00565. The van der Waals surface area contributed by atoms with Crippen LogP contribution in [-0.4, -0.2) is 11.3 Å². The molecule has 1 heterocycles. The molecule has 0 saturated heterocycles. The molecule has 2 nitrogen and oxygen atoms in total. The molecule has 2 unspecified atom stereocenters. The van der Waals surface area contributed by atoms with Crippen molar-refractivity contribution in [3.05, 3.63) is 41.5 Å².